The third kappa shape index (κ3) is 3.92. The van der Waals surface area contributed by atoms with Gasteiger partial charge in [0.05, 0.1) is 33.4 Å². The zero-order chi connectivity index (χ0) is 24.7. The number of rotatable bonds is 5. The molecular weight excluding hydrogens is 454 g/mol. The van der Waals surface area contributed by atoms with Crippen molar-refractivity contribution < 1.29 is 19.4 Å². The number of fused-ring (bicyclic) bond motifs is 3. The van der Waals surface area contributed by atoms with E-state index in [0.717, 1.165) is 31.7 Å². The molecule has 35 heavy (non-hydrogen) atoms. The van der Waals surface area contributed by atoms with E-state index in [4.69, 9.17) is 0 Å². The number of carbonyl (C=O) groups excluding carboxylic acids is 2. The molecule has 11 nitrogen and oxygen atoms in total. The van der Waals surface area contributed by atoms with Crippen molar-refractivity contribution in [1.29, 1.82) is 0 Å². The molecule has 1 N–H and O–H groups in total. The van der Waals surface area contributed by atoms with Crippen LogP contribution in [0.4, 0.5) is 22.7 Å². The van der Waals surface area contributed by atoms with E-state index in [9.17, 15) is 29.8 Å². The van der Waals surface area contributed by atoms with Crippen LogP contribution in [-0.2, 0) is 9.59 Å². The molecule has 2 saturated carbocycles. The Labute approximate surface area is 200 Å². The van der Waals surface area contributed by atoms with Crippen LogP contribution < -0.4 is 10.3 Å². The first-order valence-corrected chi connectivity index (χ1v) is 11.5. The number of imide groups is 1. The van der Waals surface area contributed by atoms with Gasteiger partial charge in [-0.1, -0.05) is 31.0 Å². The fourth-order valence-electron chi connectivity index (χ4n) is 5.80. The molecule has 0 aromatic heterocycles. The fraction of sp³-hybridized carbons (Fsp3) is 0.375. The molecule has 2 aromatic carbocycles. The van der Waals surface area contributed by atoms with E-state index in [0.29, 0.717) is 11.4 Å². The first-order valence-electron chi connectivity index (χ1n) is 11.5. The molecule has 1 aliphatic heterocycles. The second-order valence-electron chi connectivity index (χ2n) is 9.17. The van der Waals surface area contributed by atoms with Crippen molar-refractivity contribution in [1.82, 2.24) is 0 Å². The summed E-state index contributed by atoms with van der Waals surface area (Å²) in [5, 5.41) is 27.0. The fourth-order valence-corrected chi connectivity index (χ4v) is 5.80. The van der Waals surface area contributed by atoms with Crippen molar-refractivity contribution in [3.05, 3.63) is 68.8 Å². The highest BCUT2D eigenvalue weighted by atomic mass is 16.6. The van der Waals surface area contributed by atoms with E-state index in [1.54, 1.807) is 24.3 Å². The van der Waals surface area contributed by atoms with Crippen molar-refractivity contribution in [2.75, 3.05) is 10.3 Å². The van der Waals surface area contributed by atoms with E-state index < -0.39 is 27.4 Å². The van der Waals surface area contributed by atoms with Gasteiger partial charge in [0.1, 0.15) is 5.69 Å². The second kappa shape index (κ2) is 8.90. The highest BCUT2D eigenvalue weighted by Gasteiger charge is 2.57. The number of amides is 2. The summed E-state index contributed by atoms with van der Waals surface area (Å²) in [5.74, 6) is -1.39. The first kappa shape index (κ1) is 22.6. The average molecular weight is 477 g/mol. The van der Waals surface area contributed by atoms with Gasteiger partial charge in [-0.3, -0.25) is 40.1 Å². The zero-order valence-electron chi connectivity index (χ0n) is 18.7. The van der Waals surface area contributed by atoms with Crippen LogP contribution in [-0.4, -0.2) is 27.4 Å². The molecule has 0 spiro atoms. The van der Waals surface area contributed by atoms with Crippen molar-refractivity contribution in [2.24, 2.45) is 28.8 Å². The zero-order valence-corrected chi connectivity index (χ0v) is 18.7. The van der Waals surface area contributed by atoms with E-state index in [2.05, 4.69) is 10.5 Å². The van der Waals surface area contributed by atoms with Crippen LogP contribution in [0.25, 0.3) is 0 Å². The van der Waals surface area contributed by atoms with Crippen LogP contribution in [0.3, 0.4) is 0 Å². The maximum atomic E-state index is 13.4. The smallest absolute Gasteiger partial charge is 0.274 e. The van der Waals surface area contributed by atoms with Crippen LogP contribution >= 0.6 is 0 Å². The summed E-state index contributed by atoms with van der Waals surface area (Å²) in [4.78, 5) is 49.2. The Morgan fingerprint density at radius 3 is 2.37 bits per heavy atom. The van der Waals surface area contributed by atoms with Crippen LogP contribution in [0.15, 0.2) is 53.6 Å². The van der Waals surface area contributed by atoms with Crippen molar-refractivity contribution in [3.63, 3.8) is 0 Å². The Morgan fingerprint density at radius 2 is 1.66 bits per heavy atom. The summed E-state index contributed by atoms with van der Waals surface area (Å²) in [7, 11) is 0. The lowest BCUT2D eigenvalue weighted by Gasteiger charge is -2.41. The molecule has 2 aromatic rings. The number of nitro groups is 2. The van der Waals surface area contributed by atoms with Crippen LogP contribution in [0.2, 0.25) is 0 Å². The predicted octanol–water partition coefficient (Wildman–Crippen LogP) is 4.29. The Balaban J connectivity index is 1.47. The summed E-state index contributed by atoms with van der Waals surface area (Å²) in [6, 6.07) is 12.2. The average Bonchev–Trinajstić information content (AvgIpc) is 3.12. The van der Waals surface area contributed by atoms with Crippen molar-refractivity contribution >= 4 is 40.3 Å². The molecule has 2 amide bonds. The molecule has 2 aliphatic carbocycles. The molecule has 1 heterocycles. The lowest BCUT2D eigenvalue weighted by atomic mass is 9.61. The van der Waals surface area contributed by atoms with Gasteiger partial charge in [-0.05, 0) is 37.0 Å². The molecule has 5 rings (SSSR count). The van der Waals surface area contributed by atoms with Gasteiger partial charge in [0, 0.05) is 24.1 Å². The van der Waals surface area contributed by atoms with E-state index in [1.165, 1.54) is 17.0 Å². The standard InChI is InChI=1S/C24H23N5O6/c30-23-18-13-20(26-25-19-11-10-15(28(32)33)12-21(19)29(34)35)16-8-4-5-9-17(16)22(18)24(31)27(23)14-6-2-1-3-7-14/h1-3,6-7,10-12,16-18,22,25H,4-5,8-9,13H2/b26-20-/t16-,17-,18+,22-/m0/s1. The van der Waals surface area contributed by atoms with Gasteiger partial charge in [0.25, 0.3) is 5.69 Å². The Morgan fingerprint density at radius 1 is 0.914 bits per heavy atom. The number of benzene rings is 2. The van der Waals surface area contributed by atoms with Crippen LogP contribution in [0.1, 0.15) is 32.1 Å². The summed E-state index contributed by atoms with van der Waals surface area (Å²) in [6.45, 7) is 0. The normalized spacial score (nSPS) is 26.9. The number of para-hydroxylation sites is 1. The van der Waals surface area contributed by atoms with Gasteiger partial charge in [-0.15, -0.1) is 0 Å². The van der Waals surface area contributed by atoms with Crippen LogP contribution in [0.5, 0.6) is 0 Å². The minimum absolute atomic E-state index is 0.0120. The number of anilines is 2. The molecule has 0 bridgehead atoms. The van der Waals surface area contributed by atoms with Gasteiger partial charge >= 0.3 is 5.69 Å². The minimum atomic E-state index is -0.702. The lowest BCUT2D eigenvalue weighted by Crippen LogP contribution is -2.44. The lowest BCUT2D eigenvalue weighted by molar-refractivity contribution is -0.393. The number of nitrogens with zero attached hydrogens (tertiary/aromatic N) is 4. The molecule has 1 saturated heterocycles. The number of carbonyl (C=O) groups is 2. The van der Waals surface area contributed by atoms with E-state index in [1.807, 2.05) is 6.07 Å². The van der Waals surface area contributed by atoms with Crippen LogP contribution in [0, 0.1) is 43.9 Å². The van der Waals surface area contributed by atoms with Gasteiger partial charge in [0.15, 0.2) is 0 Å². The number of hydrogen-bond donors (Lipinski definition) is 1. The topological polar surface area (TPSA) is 148 Å². The maximum Gasteiger partial charge on any atom is 0.301 e. The van der Waals surface area contributed by atoms with Crippen molar-refractivity contribution in [2.45, 2.75) is 32.1 Å². The number of hydrogen-bond acceptors (Lipinski definition) is 8. The van der Waals surface area contributed by atoms with Gasteiger partial charge in [0.2, 0.25) is 11.8 Å². The highest BCUT2D eigenvalue weighted by Crippen LogP contribution is 2.50. The predicted molar refractivity (Wildman–Crippen MR) is 127 cm³/mol. The number of nitro benzene ring substituents is 2. The molecule has 11 heteroatoms. The van der Waals surface area contributed by atoms with Gasteiger partial charge in [-0.2, -0.15) is 5.10 Å². The maximum absolute atomic E-state index is 13.4. The number of hydrazone groups is 1. The highest BCUT2D eigenvalue weighted by molar-refractivity contribution is 6.23. The summed E-state index contributed by atoms with van der Waals surface area (Å²) >= 11 is 0. The Bertz CT molecular complexity index is 1250. The molecular formula is C24H23N5O6. The molecule has 3 fully saturated rings. The molecule has 180 valence electrons. The molecule has 3 aliphatic rings. The van der Waals surface area contributed by atoms with Gasteiger partial charge in [-0.25, -0.2) is 0 Å². The summed E-state index contributed by atoms with van der Waals surface area (Å²) in [5.41, 5.74) is 3.17. The third-order valence-electron chi connectivity index (χ3n) is 7.34. The molecule has 0 unspecified atom stereocenters. The molecule has 0 radical (unpaired) electrons. The summed E-state index contributed by atoms with van der Waals surface area (Å²) in [6.07, 6.45) is 3.85. The first-order chi connectivity index (χ1) is 16.9. The minimum Gasteiger partial charge on any atom is -0.274 e. The monoisotopic (exact) mass is 477 g/mol. The Hall–Kier alpha value is -4.15. The third-order valence-corrected chi connectivity index (χ3v) is 7.34. The van der Waals surface area contributed by atoms with Gasteiger partial charge < -0.3 is 0 Å². The molecule has 4 atom stereocenters. The number of nitrogens with one attached hydrogen (secondary N) is 1. The van der Waals surface area contributed by atoms with Crippen molar-refractivity contribution in [3.8, 4) is 0 Å². The largest absolute Gasteiger partial charge is 0.301 e. The van der Waals surface area contributed by atoms with E-state index in [-0.39, 0.29) is 41.4 Å². The van der Waals surface area contributed by atoms with E-state index >= 15 is 0 Å². The SMILES string of the molecule is O=C1[C@H]2[C@H]3CCCC[C@@H]3/C(=N\Nc3ccc([N+](=O)[O-])cc3[N+](=O)[O-])C[C@H]2C(=O)N1c1ccccc1. The Kier molecular flexibility index (Phi) is 5.75. The second-order valence-corrected chi connectivity index (χ2v) is 9.17. The quantitative estimate of drug-likeness (QED) is 0.384. The summed E-state index contributed by atoms with van der Waals surface area (Å²) < 4.78 is 0. The number of non-ortho nitro benzene ring substituents is 1.